The summed E-state index contributed by atoms with van der Waals surface area (Å²) in [7, 11) is 0. The van der Waals surface area contributed by atoms with Crippen LogP contribution in [0.2, 0.25) is 0 Å². The quantitative estimate of drug-likeness (QED) is 0.0733. The number of hydrogen-bond acceptors (Lipinski definition) is 8. The van der Waals surface area contributed by atoms with Crippen molar-refractivity contribution in [2.24, 2.45) is 27.1 Å². The van der Waals surface area contributed by atoms with Crippen molar-refractivity contribution in [3.8, 4) is 0 Å². The molecule has 4 amide bonds. The van der Waals surface area contributed by atoms with Crippen molar-refractivity contribution in [2.45, 2.75) is 293 Å². The molecule has 0 aromatic heterocycles. The van der Waals surface area contributed by atoms with E-state index in [0.29, 0.717) is 23.9 Å². The van der Waals surface area contributed by atoms with Gasteiger partial charge in [-0.05, 0) is 172 Å². The third-order valence-corrected chi connectivity index (χ3v) is 17.1. The first-order valence-electron chi connectivity index (χ1n) is 28.0. The van der Waals surface area contributed by atoms with Crippen LogP contribution in [0, 0.1) is 11.8 Å². The molecule has 12 heteroatoms. The van der Waals surface area contributed by atoms with E-state index in [0.717, 1.165) is 153 Å². The SMILES string of the molecule is O=C(NC1CCC(CC2CCC(NC(=O)N(C3CCCCC3)C(NC3CCCCC3)ON=C3CCCCC3)CC2)CC1)N(/C(=N/C1CCCCC1)ON=C1CCCCC1)C1CCCCC1. The second-order valence-electron chi connectivity index (χ2n) is 22.1. The minimum Gasteiger partial charge on any atom is -0.354 e. The number of carbonyl (C=O) groups is 2. The van der Waals surface area contributed by atoms with Gasteiger partial charge in [-0.2, -0.15) is 0 Å². The van der Waals surface area contributed by atoms with E-state index in [9.17, 15) is 9.59 Å². The van der Waals surface area contributed by atoms with Crippen LogP contribution in [0.4, 0.5) is 9.59 Å². The predicted octanol–water partition coefficient (Wildman–Crippen LogP) is 12.8. The minimum atomic E-state index is -0.520. The summed E-state index contributed by atoms with van der Waals surface area (Å²) < 4.78 is 0. The van der Waals surface area contributed by atoms with Crippen LogP contribution < -0.4 is 16.0 Å². The summed E-state index contributed by atoms with van der Waals surface area (Å²) in [6.45, 7) is 0. The summed E-state index contributed by atoms with van der Waals surface area (Å²) in [5.41, 5.74) is 2.27. The molecule has 8 rings (SSSR count). The third kappa shape index (κ3) is 15.1. The predicted molar refractivity (Wildman–Crippen MR) is 262 cm³/mol. The van der Waals surface area contributed by atoms with Gasteiger partial charge in [-0.1, -0.05) is 100 Å². The number of oxime groups is 2. The van der Waals surface area contributed by atoms with E-state index in [1.165, 1.54) is 109 Å². The molecule has 0 aromatic carbocycles. The summed E-state index contributed by atoms with van der Waals surface area (Å²) in [5.74, 6) is 1.40. The van der Waals surface area contributed by atoms with Crippen LogP contribution in [-0.2, 0) is 9.68 Å². The highest BCUT2D eigenvalue weighted by Crippen LogP contribution is 2.37. The molecule has 366 valence electrons. The van der Waals surface area contributed by atoms with Crippen LogP contribution in [0.1, 0.15) is 250 Å². The summed E-state index contributed by atoms with van der Waals surface area (Å²) >= 11 is 0. The second-order valence-corrected chi connectivity index (χ2v) is 22.1. The van der Waals surface area contributed by atoms with Gasteiger partial charge in [0.15, 0.2) is 0 Å². The highest BCUT2D eigenvalue weighted by atomic mass is 16.7. The lowest BCUT2D eigenvalue weighted by atomic mass is 9.75. The molecule has 0 aromatic rings. The number of urea groups is 2. The van der Waals surface area contributed by atoms with Crippen LogP contribution >= 0.6 is 0 Å². The summed E-state index contributed by atoms with van der Waals surface area (Å²) in [4.78, 5) is 50.9. The van der Waals surface area contributed by atoms with Crippen molar-refractivity contribution < 1.29 is 19.3 Å². The zero-order chi connectivity index (χ0) is 44.5. The highest BCUT2D eigenvalue weighted by molar-refractivity contribution is 5.94. The van der Waals surface area contributed by atoms with E-state index >= 15 is 0 Å². The van der Waals surface area contributed by atoms with Crippen LogP contribution in [0.5, 0.6) is 0 Å². The Kier molecular flexibility index (Phi) is 19.4. The maximum absolute atomic E-state index is 14.5. The minimum absolute atomic E-state index is 0.0265. The van der Waals surface area contributed by atoms with Gasteiger partial charge in [0.1, 0.15) is 0 Å². The maximum Gasteiger partial charge on any atom is 0.326 e. The molecule has 65 heavy (non-hydrogen) atoms. The van der Waals surface area contributed by atoms with E-state index in [1.54, 1.807) is 0 Å². The number of aliphatic imine (C=N–C) groups is 1. The highest BCUT2D eigenvalue weighted by Gasteiger charge is 2.38. The first-order valence-corrected chi connectivity index (χ1v) is 28.0. The normalized spacial score (nSPS) is 29.0. The van der Waals surface area contributed by atoms with Crippen molar-refractivity contribution in [2.75, 3.05) is 0 Å². The fourth-order valence-electron chi connectivity index (χ4n) is 13.1. The van der Waals surface area contributed by atoms with Gasteiger partial charge in [0.2, 0.25) is 0 Å². The molecule has 8 saturated carbocycles. The zero-order valence-electron chi connectivity index (χ0n) is 40.6. The smallest absolute Gasteiger partial charge is 0.326 e. The Morgan fingerprint density at radius 1 is 0.492 bits per heavy atom. The second kappa shape index (κ2) is 26.0. The Balaban J connectivity index is 0.832. The molecule has 0 bridgehead atoms. The number of carbonyl (C=O) groups excluding carboxylic acids is 2. The Labute approximate surface area is 393 Å². The number of nitrogens with zero attached hydrogens (tertiary/aromatic N) is 5. The Morgan fingerprint density at radius 2 is 0.954 bits per heavy atom. The van der Waals surface area contributed by atoms with Gasteiger partial charge in [-0.15, -0.1) is 0 Å². The van der Waals surface area contributed by atoms with E-state index in [-0.39, 0.29) is 42.3 Å². The lowest BCUT2D eigenvalue weighted by Gasteiger charge is -2.41. The lowest BCUT2D eigenvalue weighted by Crippen LogP contribution is -2.61. The van der Waals surface area contributed by atoms with Crippen molar-refractivity contribution in [1.29, 1.82) is 0 Å². The van der Waals surface area contributed by atoms with Gasteiger partial charge < -0.3 is 20.3 Å². The average molecular weight is 903 g/mol. The van der Waals surface area contributed by atoms with Crippen molar-refractivity contribution in [3.63, 3.8) is 0 Å². The first-order chi connectivity index (χ1) is 32.0. The summed E-state index contributed by atoms with van der Waals surface area (Å²) in [5, 5.41) is 20.3. The summed E-state index contributed by atoms with van der Waals surface area (Å²) in [6.07, 6.45) is 43.7. The molecule has 0 spiro atoms. The van der Waals surface area contributed by atoms with Crippen LogP contribution in [0.25, 0.3) is 0 Å². The van der Waals surface area contributed by atoms with Crippen LogP contribution in [0.3, 0.4) is 0 Å². The van der Waals surface area contributed by atoms with E-state index in [2.05, 4.69) is 26.0 Å². The lowest BCUT2D eigenvalue weighted by molar-refractivity contribution is -0.0869. The van der Waals surface area contributed by atoms with Gasteiger partial charge in [-0.3, -0.25) is 10.2 Å². The molecule has 1 unspecified atom stereocenters. The monoisotopic (exact) mass is 903 g/mol. The van der Waals surface area contributed by atoms with E-state index in [1.807, 2.05) is 4.90 Å². The fraction of sp³-hybridized carbons (Fsp3) is 0.906. The van der Waals surface area contributed by atoms with Gasteiger partial charge in [0, 0.05) is 30.2 Å². The van der Waals surface area contributed by atoms with Crippen LogP contribution in [0.15, 0.2) is 15.3 Å². The Hall–Kier alpha value is -2.89. The van der Waals surface area contributed by atoms with E-state index in [4.69, 9.17) is 19.8 Å². The molecule has 0 radical (unpaired) electrons. The zero-order valence-corrected chi connectivity index (χ0v) is 40.6. The Bertz CT molecular complexity index is 1520. The average Bonchev–Trinajstić information content (AvgIpc) is 3.36. The van der Waals surface area contributed by atoms with Crippen molar-refractivity contribution >= 4 is 29.5 Å². The van der Waals surface area contributed by atoms with Gasteiger partial charge in [0.25, 0.3) is 6.35 Å². The number of hydrogen-bond donors (Lipinski definition) is 3. The molecule has 0 aliphatic heterocycles. The fourth-order valence-corrected chi connectivity index (χ4v) is 13.1. The first kappa shape index (κ1) is 48.6. The molecule has 0 heterocycles. The van der Waals surface area contributed by atoms with Gasteiger partial charge >= 0.3 is 18.1 Å². The molecule has 8 aliphatic rings. The van der Waals surface area contributed by atoms with Gasteiger partial charge in [-0.25, -0.2) is 19.5 Å². The molecule has 1 atom stereocenters. The van der Waals surface area contributed by atoms with Crippen molar-refractivity contribution in [3.05, 3.63) is 0 Å². The maximum atomic E-state index is 14.5. The molecule has 8 fully saturated rings. The Morgan fingerprint density at radius 3 is 1.51 bits per heavy atom. The molecular formula is C53H90N8O4. The molecular weight excluding hydrogens is 813 g/mol. The van der Waals surface area contributed by atoms with E-state index < -0.39 is 6.35 Å². The number of amidine groups is 1. The topological polar surface area (TPSA) is 132 Å². The molecule has 12 nitrogen and oxygen atoms in total. The molecule has 3 N–H and O–H groups in total. The summed E-state index contributed by atoms with van der Waals surface area (Å²) in [6, 6.07) is 1.69. The standard InChI is InChI=1S/C53H90N8O4/c62-50(60(48-27-15-5-16-28-48)52(56-42-19-7-1-8-20-42)64-58-46-23-11-3-12-24-46)54-44-35-31-40(32-36-44)39-41-33-37-45(38-34-41)55-51(63)61(49-29-17-6-18-30-49)53(57-43-21-9-2-10-22-43)65-59-47-25-13-4-14-26-47/h40-45,48-49,52,56H,1-39H2,(H,54,62)(H,55,63)/b57-53-. The van der Waals surface area contributed by atoms with Crippen molar-refractivity contribution in [1.82, 2.24) is 25.8 Å². The largest absolute Gasteiger partial charge is 0.354 e. The molecule has 8 aliphatic carbocycles. The van der Waals surface area contributed by atoms with Crippen LogP contribution in [-0.4, -0.2) is 81.9 Å². The third-order valence-electron chi connectivity index (χ3n) is 17.1. The number of nitrogens with one attached hydrogen (secondary N) is 3. The number of rotatable bonds is 13. The molecule has 0 saturated heterocycles. The number of amides is 4. The van der Waals surface area contributed by atoms with Gasteiger partial charge in [0.05, 0.1) is 17.5 Å².